The fourth-order valence-corrected chi connectivity index (χ4v) is 1.73. The second-order valence-corrected chi connectivity index (χ2v) is 5.27. The maximum Gasteiger partial charge on any atom is 0.208 e. The van der Waals surface area contributed by atoms with Gasteiger partial charge in [-0.2, -0.15) is 0 Å². The molecule has 0 heterocycles. The SMILES string of the molecule is C[C@H](CNS(C)(=O)=O)c1ccccc1. The Bertz CT molecular complexity index is 372. The molecule has 3 nitrogen and oxygen atoms in total. The van der Waals surface area contributed by atoms with Crippen molar-refractivity contribution < 1.29 is 8.42 Å². The summed E-state index contributed by atoms with van der Waals surface area (Å²) in [6.07, 6.45) is 1.17. The van der Waals surface area contributed by atoms with Gasteiger partial charge in [0, 0.05) is 6.54 Å². The third kappa shape index (κ3) is 3.89. The van der Waals surface area contributed by atoms with Crippen LogP contribution >= 0.6 is 0 Å². The van der Waals surface area contributed by atoms with Crippen LogP contribution in [0.15, 0.2) is 30.3 Å². The Morgan fingerprint density at radius 2 is 1.86 bits per heavy atom. The van der Waals surface area contributed by atoms with Gasteiger partial charge in [0.2, 0.25) is 10.0 Å². The van der Waals surface area contributed by atoms with Crippen molar-refractivity contribution in [1.29, 1.82) is 0 Å². The van der Waals surface area contributed by atoms with E-state index in [1.807, 2.05) is 37.3 Å². The van der Waals surface area contributed by atoms with Crippen LogP contribution in [-0.2, 0) is 10.0 Å². The Morgan fingerprint density at radius 3 is 2.36 bits per heavy atom. The van der Waals surface area contributed by atoms with Crippen molar-refractivity contribution >= 4 is 10.0 Å². The highest BCUT2D eigenvalue weighted by atomic mass is 32.2. The summed E-state index contributed by atoms with van der Waals surface area (Å²) in [6, 6.07) is 9.84. The van der Waals surface area contributed by atoms with Crippen molar-refractivity contribution in [1.82, 2.24) is 4.72 Å². The zero-order chi connectivity index (χ0) is 10.6. The van der Waals surface area contributed by atoms with E-state index in [0.29, 0.717) is 6.54 Å². The van der Waals surface area contributed by atoms with Crippen molar-refractivity contribution in [2.75, 3.05) is 12.8 Å². The minimum Gasteiger partial charge on any atom is -0.215 e. The number of nitrogens with one attached hydrogen (secondary N) is 1. The van der Waals surface area contributed by atoms with Crippen LogP contribution in [0.3, 0.4) is 0 Å². The van der Waals surface area contributed by atoms with Crippen LogP contribution in [0.4, 0.5) is 0 Å². The first-order chi connectivity index (χ1) is 6.49. The molecule has 1 aromatic carbocycles. The lowest BCUT2D eigenvalue weighted by Crippen LogP contribution is -2.26. The van der Waals surface area contributed by atoms with Gasteiger partial charge >= 0.3 is 0 Å². The predicted octanol–water partition coefficient (Wildman–Crippen LogP) is 1.34. The molecule has 0 unspecified atom stereocenters. The van der Waals surface area contributed by atoms with Crippen LogP contribution in [0.25, 0.3) is 0 Å². The molecule has 0 aliphatic carbocycles. The number of rotatable bonds is 4. The lowest BCUT2D eigenvalue weighted by atomic mass is 10.0. The molecular formula is C10H15NO2S. The van der Waals surface area contributed by atoms with E-state index in [4.69, 9.17) is 0 Å². The molecule has 0 saturated heterocycles. The van der Waals surface area contributed by atoms with Crippen molar-refractivity contribution in [3.8, 4) is 0 Å². The van der Waals surface area contributed by atoms with E-state index in [-0.39, 0.29) is 5.92 Å². The molecule has 0 amide bonds. The fourth-order valence-electron chi connectivity index (χ4n) is 1.18. The smallest absolute Gasteiger partial charge is 0.208 e. The molecule has 0 spiro atoms. The van der Waals surface area contributed by atoms with Gasteiger partial charge in [0.25, 0.3) is 0 Å². The third-order valence-electron chi connectivity index (χ3n) is 2.02. The highest BCUT2D eigenvalue weighted by molar-refractivity contribution is 7.88. The lowest BCUT2D eigenvalue weighted by Gasteiger charge is -2.11. The molecule has 0 aliphatic rings. The maximum absolute atomic E-state index is 10.9. The Hall–Kier alpha value is -0.870. The lowest BCUT2D eigenvalue weighted by molar-refractivity contribution is 0.581. The van der Waals surface area contributed by atoms with Crippen molar-refractivity contribution in [3.63, 3.8) is 0 Å². The molecule has 0 aromatic heterocycles. The fraction of sp³-hybridized carbons (Fsp3) is 0.400. The molecule has 0 saturated carbocycles. The number of sulfonamides is 1. The predicted molar refractivity (Wildman–Crippen MR) is 57.7 cm³/mol. The van der Waals surface area contributed by atoms with Gasteiger partial charge < -0.3 is 0 Å². The first kappa shape index (κ1) is 11.2. The van der Waals surface area contributed by atoms with E-state index in [9.17, 15) is 8.42 Å². The maximum atomic E-state index is 10.9. The normalized spacial score (nSPS) is 13.9. The highest BCUT2D eigenvalue weighted by Crippen LogP contribution is 2.12. The van der Waals surface area contributed by atoms with Crippen LogP contribution < -0.4 is 4.72 Å². The molecule has 4 heteroatoms. The molecule has 1 atom stereocenters. The Labute approximate surface area is 85.2 Å². The molecule has 0 aliphatic heterocycles. The van der Waals surface area contributed by atoms with Gasteiger partial charge in [0.15, 0.2) is 0 Å². The minimum absolute atomic E-state index is 0.200. The largest absolute Gasteiger partial charge is 0.215 e. The molecule has 1 N–H and O–H groups in total. The summed E-state index contributed by atoms with van der Waals surface area (Å²) < 4.78 is 24.2. The van der Waals surface area contributed by atoms with Crippen molar-refractivity contribution in [2.24, 2.45) is 0 Å². The average molecular weight is 213 g/mol. The first-order valence-electron chi connectivity index (χ1n) is 4.48. The summed E-state index contributed by atoms with van der Waals surface area (Å²) >= 11 is 0. The summed E-state index contributed by atoms with van der Waals surface area (Å²) in [7, 11) is -3.08. The zero-order valence-corrected chi connectivity index (χ0v) is 9.21. The number of benzene rings is 1. The zero-order valence-electron chi connectivity index (χ0n) is 8.40. The Morgan fingerprint density at radius 1 is 1.29 bits per heavy atom. The summed E-state index contributed by atoms with van der Waals surface area (Å²) in [5, 5.41) is 0. The Balaban J connectivity index is 2.56. The van der Waals surface area contributed by atoms with Gasteiger partial charge in [-0.05, 0) is 11.5 Å². The standard InChI is InChI=1S/C10H15NO2S/c1-9(8-11-14(2,12)13)10-6-4-3-5-7-10/h3-7,9,11H,8H2,1-2H3/t9-/m1/s1. The summed E-state index contributed by atoms with van der Waals surface area (Å²) in [6.45, 7) is 2.44. The Kier molecular flexibility index (Phi) is 3.66. The van der Waals surface area contributed by atoms with E-state index in [2.05, 4.69) is 4.72 Å². The molecule has 0 bridgehead atoms. The van der Waals surface area contributed by atoms with Gasteiger partial charge in [-0.1, -0.05) is 37.3 Å². The van der Waals surface area contributed by atoms with E-state index < -0.39 is 10.0 Å². The van der Waals surface area contributed by atoms with Crippen LogP contribution in [0.5, 0.6) is 0 Å². The van der Waals surface area contributed by atoms with E-state index >= 15 is 0 Å². The van der Waals surface area contributed by atoms with Gasteiger partial charge in [-0.3, -0.25) is 0 Å². The number of hydrogen-bond acceptors (Lipinski definition) is 2. The molecular weight excluding hydrogens is 198 g/mol. The minimum atomic E-state index is -3.08. The summed E-state index contributed by atoms with van der Waals surface area (Å²) in [5.74, 6) is 0.200. The number of hydrogen-bond donors (Lipinski definition) is 1. The molecule has 0 radical (unpaired) electrons. The topological polar surface area (TPSA) is 46.2 Å². The molecule has 78 valence electrons. The van der Waals surface area contributed by atoms with Crippen LogP contribution in [-0.4, -0.2) is 21.2 Å². The van der Waals surface area contributed by atoms with Crippen LogP contribution in [0, 0.1) is 0 Å². The van der Waals surface area contributed by atoms with Crippen molar-refractivity contribution in [2.45, 2.75) is 12.8 Å². The first-order valence-corrected chi connectivity index (χ1v) is 6.38. The molecule has 1 aromatic rings. The molecule has 1 rings (SSSR count). The molecule has 14 heavy (non-hydrogen) atoms. The second kappa shape index (κ2) is 4.57. The quantitative estimate of drug-likeness (QED) is 0.820. The van der Waals surface area contributed by atoms with Crippen LogP contribution in [0.1, 0.15) is 18.4 Å². The van der Waals surface area contributed by atoms with Gasteiger partial charge in [0.1, 0.15) is 0 Å². The average Bonchev–Trinajstić information content (AvgIpc) is 2.14. The highest BCUT2D eigenvalue weighted by Gasteiger charge is 2.07. The van der Waals surface area contributed by atoms with E-state index in [1.165, 1.54) is 6.26 Å². The summed E-state index contributed by atoms with van der Waals surface area (Å²) in [4.78, 5) is 0. The molecule has 0 fully saturated rings. The van der Waals surface area contributed by atoms with E-state index in [1.54, 1.807) is 0 Å². The van der Waals surface area contributed by atoms with Gasteiger partial charge in [-0.25, -0.2) is 13.1 Å². The van der Waals surface area contributed by atoms with E-state index in [0.717, 1.165) is 5.56 Å². The summed E-state index contributed by atoms with van der Waals surface area (Å²) in [5.41, 5.74) is 1.14. The second-order valence-electron chi connectivity index (χ2n) is 3.43. The van der Waals surface area contributed by atoms with Gasteiger partial charge in [-0.15, -0.1) is 0 Å². The van der Waals surface area contributed by atoms with Crippen molar-refractivity contribution in [3.05, 3.63) is 35.9 Å². The van der Waals surface area contributed by atoms with Gasteiger partial charge in [0.05, 0.1) is 6.26 Å². The van der Waals surface area contributed by atoms with Crippen LogP contribution in [0.2, 0.25) is 0 Å². The monoisotopic (exact) mass is 213 g/mol. The third-order valence-corrected chi connectivity index (χ3v) is 2.71.